The van der Waals surface area contributed by atoms with E-state index in [4.69, 9.17) is 9.47 Å². The van der Waals surface area contributed by atoms with Crippen LogP contribution in [-0.2, 0) is 31.8 Å². The van der Waals surface area contributed by atoms with Crippen LogP contribution in [0, 0.1) is 11.8 Å². The number of nitrogens with zero attached hydrogens (tertiary/aromatic N) is 1. The van der Waals surface area contributed by atoms with Gasteiger partial charge >= 0.3 is 0 Å². The van der Waals surface area contributed by atoms with E-state index in [1.54, 1.807) is 14.2 Å². The Morgan fingerprint density at radius 2 is 0.896 bits per heavy atom. The van der Waals surface area contributed by atoms with Crippen LogP contribution in [0.25, 0.3) is 11.1 Å². The lowest BCUT2D eigenvalue weighted by Crippen LogP contribution is -2.45. The molecule has 2 amide bonds. The zero-order chi connectivity index (χ0) is 33.0. The molecule has 2 aliphatic carbocycles. The number of hydrogen-bond acceptors (Lipinski definition) is 5. The number of benzene rings is 5. The first kappa shape index (κ1) is 29.6. The number of hydrogen-bond donors (Lipinski definition) is 0. The number of ketones is 1. The smallest absolute Gasteiger partial charge is 0.235 e. The Hall–Kier alpha value is -5.75. The highest BCUT2D eigenvalue weighted by atomic mass is 16.5. The second-order valence-corrected chi connectivity index (χ2v) is 12.6. The van der Waals surface area contributed by atoms with E-state index in [0.29, 0.717) is 22.6 Å². The zero-order valence-electron chi connectivity index (χ0n) is 26.6. The second kappa shape index (κ2) is 11.2. The van der Waals surface area contributed by atoms with Crippen molar-refractivity contribution < 1.29 is 23.9 Å². The van der Waals surface area contributed by atoms with Crippen molar-refractivity contribution in [2.75, 3.05) is 14.2 Å². The molecular weight excluding hydrogens is 598 g/mol. The topological polar surface area (TPSA) is 72.9 Å². The first-order valence-corrected chi connectivity index (χ1v) is 16.1. The van der Waals surface area contributed by atoms with Gasteiger partial charge in [0.25, 0.3) is 0 Å². The fourth-order valence-corrected chi connectivity index (χ4v) is 8.62. The summed E-state index contributed by atoms with van der Waals surface area (Å²) < 4.78 is 11.0. The average Bonchev–Trinajstić information content (AvgIpc) is 3.65. The van der Waals surface area contributed by atoms with E-state index in [2.05, 4.69) is 0 Å². The van der Waals surface area contributed by atoms with Crippen LogP contribution in [0.1, 0.15) is 27.8 Å². The van der Waals surface area contributed by atoms with Crippen LogP contribution in [0.2, 0.25) is 0 Å². The maximum Gasteiger partial charge on any atom is 0.235 e. The predicted octanol–water partition coefficient (Wildman–Crippen LogP) is 6.89. The largest absolute Gasteiger partial charge is 0.497 e. The van der Waals surface area contributed by atoms with E-state index >= 15 is 4.79 Å². The fourth-order valence-electron chi connectivity index (χ4n) is 8.62. The monoisotopic (exact) mass is 631 g/mol. The van der Waals surface area contributed by atoms with Gasteiger partial charge in [-0.3, -0.25) is 19.3 Å². The van der Waals surface area contributed by atoms with Crippen molar-refractivity contribution in [1.82, 2.24) is 4.90 Å². The minimum absolute atomic E-state index is 0.130. The van der Waals surface area contributed by atoms with Gasteiger partial charge in [0.2, 0.25) is 11.8 Å². The summed E-state index contributed by atoms with van der Waals surface area (Å²) in [6.07, 6.45) is 0. The number of carbonyl (C=O) groups is 3. The highest BCUT2D eigenvalue weighted by molar-refractivity contribution is 6.35. The third-order valence-corrected chi connectivity index (χ3v) is 10.5. The lowest BCUT2D eigenvalue weighted by molar-refractivity contribution is -0.143. The van der Waals surface area contributed by atoms with Gasteiger partial charge in [-0.05, 0) is 63.2 Å². The van der Waals surface area contributed by atoms with Crippen LogP contribution in [0.15, 0.2) is 140 Å². The molecule has 2 fully saturated rings. The van der Waals surface area contributed by atoms with Crippen molar-refractivity contribution in [2.45, 2.75) is 17.4 Å². The minimum atomic E-state index is -1.45. The third kappa shape index (κ3) is 3.89. The number of likely N-dealkylation sites (tertiary alicyclic amines) is 1. The summed E-state index contributed by atoms with van der Waals surface area (Å²) in [6.45, 7) is 0.130. The van der Waals surface area contributed by atoms with Crippen LogP contribution in [0.5, 0.6) is 11.5 Å². The maximum atomic E-state index is 16.0. The molecule has 3 aliphatic rings. The number of fused-ring (bicyclic) bond motifs is 5. The molecule has 1 saturated heterocycles. The lowest BCUT2D eigenvalue weighted by atomic mass is 9.59. The van der Waals surface area contributed by atoms with E-state index in [9.17, 15) is 9.59 Å². The number of carbonyl (C=O) groups excluding carboxylic acids is 3. The molecule has 0 N–H and O–H groups in total. The fraction of sp³-hybridized carbons (Fsp3) is 0.167. The molecule has 1 heterocycles. The van der Waals surface area contributed by atoms with Crippen LogP contribution >= 0.6 is 0 Å². The quantitative estimate of drug-likeness (QED) is 0.175. The standard InChI is InChI=1S/C42H33NO5/c1-47-32-22-18-28(19-23-32)34-35(29-20-24-33(48-2)25-21-29)42(31-16-10-5-11-17-31)37-36(41(34,40(42)46)30-14-8-4-9-15-30)38(44)43(39(37)45)26-27-12-6-3-7-13-27/h3-25,36-37H,26H2,1-2H3/t36-,37+,41-,42+. The molecule has 4 atom stereocenters. The normalized spacial score (nSPS) is 24.3. The van der Waals surface area contributed by atoms with Crippen molar-refractivity contribution in [1.29, 1.82) is 0 Å². The Labute approximate surface area is 279 Å². The van der Waals surface area contributed by atoms with Crippen molar-refractivity contribution in [3.63, 3.8) is 0 Å². The zero-order valence-corrected chi connectivity index (χ0v) is 26.6. The van der Waals surface area contributed by atoms with E-state index in [0.717, 1.165) is 27.8 Å². The van der Waals surface area contributed by atoms with Gasteiger partial charge in [0.05, 0.1) is 43.4 Å². The summed E-state index contributed by atoms with van der Waals surface area (Å²) in [5, 5.41) is 0. The van der Waals surface area contributed by atoms with Crippen molar-refractivity contribution in [3.8, 4) is 11.5 Å². The van der Waals surface area contributed by atoms with Gasteiger partial charge in [-0.2, -0.15) is 0 Å². The molecule has 0 unspecified atom stereocenters. The Morgan fingerprint density at radius 3 is 1.27 bits per heavy atom. The summed E-state index contributed by atoms with van der Waals surface area (Å²) in [4.78, 5) is 47.3. The van der Waals surface area contributed by atoms with E-state index in [-0.39, 0.29) is 24.1 Å². The van der Waals surface area contributed by atoms with Gasteiger partial charge in [-0.15, -0.1) is 0 Å². The summed E-state index contributed by atoms with van der Waals surface area (Å²) >= 11 is 0. The van der Waals surface area contributed by atoms with Crippen molar-refractivity contribution in [3.05, 3.63) is 167 Å². The Kier molecular flexibility index (Phi) is 6.91. The number of allylic oxidation sites excluding steroid dienone is 2. The van der Waals surface area contributed by atoms with Crippen LogP contribution < -0.4 is 9.47 Å². The highest BCUT2D eigenvalue weighted by Gasteiger charge is 2.82. The molecule has 2 bridgehead atoms. The molecular formula is C42H33NO5. The maximum absolute atomic E-state index is 16.0. The van der Waals surface area contributed by atoms with Crippen LogP contribution in [0.3, 0.4) is 0 Å². The molecule has 48 heavy (non-hydrogen) atoms. The number of amides is 2. The molecule has 8 rings (SSSR count). The molecule has 0 spiro atoms. The number of ether oxygens (including phenoxy) is 2. The number of Topliss-reactive ketones (excluding diaryl/α,β-unsaturated/α-hetero) is 1. The Balaban J connectivity index is 1.51. The summed E-state index contributed by atoms with van der Waals surface area (Å²) in [5.74, 6) is -1.38. The summed E-state index contributed by atoms with van der Waals surface area (Å²) in [7, 11) is 3.23. The summed E-state index contributed by atoms with van der Waals surface area (Å²) in [5.41, 5.74) is 2.37. The average molecular weight is 632 g/mol. The van der Waals surface area contributed by atoms with Gasteiger partial charge in [-0.25, -0.2) is 0 Å². The van der Waals surface area contributed by atoms with Crippen molar-refractivity contribution >= 4 is 28.7 Å². The number of rotatable bonds is 8. The number of methoxy groups -OCH3 is 2. The van der Waals surface area contributed by atoms with E-state index in [1.165, 1.54) is 4.90 Å². The van der Waals surface area contributed by atoms with Gasteiger partial charge in [0.15, 0.2) is 5.78 Å². The molecule has 1 saturated carbocycles. The second-order valence-electron chi connectivity index (χ2n) is 12.6. The van der Waals surface area contributed by atoms with Gasteiger partial charge in [-0.1, -0.05) is 115 Å². The van der Waals surface area contributed by atoms with Gasteiger partial charge in [0.1, 0.15) is 11.5 Å². The third-order valence-electron chi connectivity index (χ3n) is 10.5. The SMILES string of the molecule is COc1ccc(C2=C(c3ccc(OC)cc3)[C@@]3(c4ccccc4)C(=O)[C@]2(c2ccccc2)[C@@H]2C(=O)N(Cc4ccccc4)C(=O)[C@@H]23)cc1. The number of imide groups is 1. The molecule has 1 aliphatic heterocycles. The molecule has 5 aromatic rings. The van der Waals surface area contributed by atoms with E-state index < -0.39 is 22.7 Å². The molecule has 6 heteroatoms. The Bertz CT molecular complexity index is 1940. The Morgan fingerprint density at radius 1 is 0.521 bits per heavy atom. The lowest BCUT2D eigenvalue weighted by Gasteiger charge is -2.39. The van der Waals surface area contributed by atoms with Crippen LogP contribution in [0.4, 0.5) is 0 Å². The molecule has 0 aromatic heterocycles. The van der Waals surface area contributed by atoms with Gasteiger partial charge in [0, 0.05) is 0 Å². The first-order valence-electron chi connectivity index (χ1n) is 16.1. The molecule has 6 nitrogen and oxygen atoms in total. The highest BCUT2D eigenvalue weighted by Crippen LogP contribution is 2.74. The van der Waals surface area contributed by atoms with Crippen LogP contribution in [-0.4, -0.2) is 36.7 Å². The van der Waals surface area contributed by atoms with E-state index in [1.807, 2.05) is 140 Å². The summed E-state index contributed by atoms with van der Waals surface area (Å²) in [6, 6.07) is 43.9. The predicted molar refractivity (Wildman–Crippen MR) is 183 cm³/mol. The van der Waals surface area contributed by atoms with Crippen molar-refractivity contribution in [2.24, 2.45) is 11.8 Å². The molecule has 0 radical (unpaired) electrons. The minimum Gasteiger partial charge on any atom is -0.497 e. The van der Waals surface area contributed by atoms with Gasteiger partial charge < -0.3 is 9.47 Å². The molecule has 5 aromatic carbocycles. The molecule has 236 valence electrons. The first-order chi connectivity index (χ1) is 23.5.